The van der Waals surface area contributed by atoms with Gasteiger partial charge < -0.3 is 14.1 Å². The van der Waals surface area contributed by atoms with E-state index in [2.05, 4.69) is 10.3 Å². The topological polar surface area (TPSA) is 59.5 Å². The van der Waals surface area contributed by atoms with Gasteiger partial charge in [0.1, 0.15) is 17.1 Å². The standard InChI is InChI=1S/C18H11F2N3O2/c19-12-3-1-4-13(17(12)20)22-18(24)14-10-23-9-11(6-7-16(23)21-14)15-5-2-8-25-15/h1-10H,(H,22,24). The van der Waals surface area contributed by atoms with Gasteiger partial charge >= 0.3 is 0 Å². The van der Waals surface area contributed by atoms with Crippen LogP contribution < -0.4 is 5.32 Å². The Morgan fingerprint density at radius 1 is 1.08 bits per heavy atom. The Morgan fingerprint density at radius 3 is 2.76 bits per heavy atom. The summed E-state index contributed by atoms with van der Waals surface area (Å²) in [6.45, 7) is 0. The fourth-order valence-electron chi connectivity index (χ4n) is 2.48. The number of carbonyl (C=O) groups excluding carboxylic acids is 1. The first kappa shape index (κ1) is 15.1. The summed E-state index contributed by atoms with van der Waals surface area (Å²) in [5.74, 6) is -2.09. The Morgan fingerprint density at radius 2 is 1.96 bits per heavy atom. The highest BCUT2D eigenvalue weighted by atomic mass is 19.2. The number of fused-ring (bicyclic) bond motifs is 1. The quantitative estimate of drug-likeness (QED) is 0.611. The van der Waals surface area contributed by atoms with Crippen LogP contribution in [0.25, 0.3) is 17.0 Å². The molecule has 3 aromatic heterocycles. The predicted molar refractivity (Wildman–Crippen MR) is 87.2 cm³/mol. The third-order valence-electron chi connectivity index (χ3n) is 3.69. The molecule has 4 rings (SSSR count). The van der Waals surface area contributed by atoms with Crippen LogP contribution in [0.3, 0.4) is 0 Å². The lowest BCUT2D eigenvalue weighted by Gasteiger charge is -2.04. The highest BCUT2D eigenvalue weighted by Gasteiger charge is 2.15. The van der Waals surface area contributed by atoms with E-state index < -0.39 is 17.5 Å². The monoisotopic (exact) mass is 339 g/mol. The smallest absolute Gasteiger partial charge is 0.275 e. The van der Waals surface area contributed by atoms with E-state index in [0.717, 1.165) is 11.6 Å². The molecule has 0 aliphatic heterocycles. The fraction of sp³-hybridized carbons (Fsp3) is 0. The minimum Gasteiger partial charge on any atom is -0.464 e. The van der Waals surface area contributed by atoms with Gasteiger partial charge in [-0.1, -0.05) is 6.07 Å². The number of amides is 1. The summed E-state index contributed by atoms with van der Waals surface area (Å²) in [7, 11) is 0. The molecule has 1 aromatic carbocycles. The second-order valence-corrected chi connectivity index (χ2v) is 5.34. The number of anilines is 1. The average molecular weight is 339 g/mol. The van der Waals surface area contributed by atoms with Crippen molar-refractivity contribution in [2.24, 2.45) is 0 Å². The van der Waals surface area contributed by atoms with Gasteiger partial charge in [0.25, 0.3) is 5.91 Å². The molecule has 7 heteroatoms. The maximum atomic E-state index is 13.7. The minimum atomic E-state index is -1.11. The van der Waals surface area contributed by atoms with Gasteiger partial charge in [-0.3, -0.25) is 4.79 Å². The molecule has 0 atom stereocenters. The normalized spacial score (nSPS) is 11.0. The molecule has 25 heavy (non-hydrogen) atoms. The van der Waals surface area contributed by atoms with Crippen LogP contribution in [-0.4, -0.2) is 15.3 Å². The Bertz CT molecular complexity index is 1070. The van der Waals surface area contributed by atoms with Crippen LogP contribution in [0.4, 0.5) is 14.5 Å². The van der Waals surface area contributed by atoms with Crippen molar-refractivity contribution in [2.75, 3.05) is 5.32 Å². The summed E-state index contributed by atoms with van der Waals surface area (Å²) in [5.41, 5.74) is 1.21. The maximum absolute atomic E-state index is 13.7. The van der Waals surface area contributed by atoms with Crippen molar-refractivity contribution in [3.8, 4) is 11.3 Å². The lowest BCUT2D eigenvalue weighted by atomic mass is 10.2. The van der Waals surface area contributed by atoms with Crippen LogP contribution in [-0.2, 0) is 0 Å². The Balaban J connectivity index is 1.65. The largest absolute Gasteiger partial charge is 0.464 e. The van der Waals surface area contributed by atoms with Gasteiger partial charge in [-0.2, -0.15) is 0 Å². The number of pyridine rings is 1. The average Bonchev–Trinajstić information content (AvgIpc) is 3.27. The van der Waals surface area contributed by atoms with E-state index in [1.165, 1.54) is 18.3 Å². The number of nitrogens with one attached hydrogen (secondary N) is 1. The third-order valence-corrected chi connectivity index (χ3v) is 3.69. The van der Waals surface area contributed by atoms with Gasteiger partial charge in [-0.05, 0) is 36.4 Å². The predicted octanol–water partition coefficient (Wildman–Crippen LogP) is 4.12. The molecule has 0 aliphatic rings. The Hall–Kier alpha value is -3.48. The van der Waals surface area contributed by atoms with Crippen LogP contribution in [0.15, 0.2) is 65.5 Å². The molecule has 124 valence electrons. The van der Waals surface area contributed by atoms with Crippen LogP contribution in [0.1, 0.15) is 10.5 Å². The summed E-state index contributed by atoms with van der Waals surface area (Å²) in [6, 6.07) is 10.7. The number of halogens is 2. The van der Waals surface area contributed by atoms with E-state index >= 15 is 0 Å². The molecule has 0 radical (unpaired) electrons. The number of benzene rings is 1. The molecular weight excluding hydrogens is 328 g/mol. The Kier molecular flexibility index (Phi) is 3.53. The van der Waals surface area contributed by atoms with Crippen molar-refractivity contribution in [3.63, 3.8) is 0 Å². The highest BCUT2D eigenvalue weighted by Crippen LogP contribution is 2.21. The molecule has 4 aromatic rings. The van der Waals surface area contributed by atoms with Crippen LogP contribution in [0.5, 0.6) is 0 Å². The van der Waals surface area contributed by atoms with E-state index in [0.29, 0.717) is 11.4 Å². The van der Waals surface area contributed by atoms with Gasteiger partial charge in [0.15, 0.2) is 11.6 Å². The summed E-state index contributed by atoms with van der Waals surface area (Å²) in [5, 5.41) is 2.32. The molecule has 1 amide bonds. The zero-order chi connectivity index (χ0) is 17.4. The number of furan rings is 1. The zero-order valence-corrected chi connectivity index (χ0v) is 12.7. The highest BCUT2D eigenvalue weighted by molar-refractivity contribution is 6.03. The van der Waals surface area contributed by atoms with Crippen molar-refractivity contribution in [3.05, 3.63) is 78.4 Å². The lowest BCUT2D eigenvalue weighted by Crippen LogP contribution is -2.13. The molecule has 3 heterocycles. The van der Waals surface area contributed by atoms with E-state index in [1.54, 1.807) is 29.0 Å². The molecule has 0 bridgehead atoms. The zero-order valence-electron chi connectivity index (χ0n) is 12.7. The van der Waals surface area contributed by atoms with Crippen LogP contribution in [0, 0.1) is 11.6 Å². The number of carbonyl (C=O) groups is 1. The van der Waals surface area contributed by atoms with Crippen molar-refractivity contribution >= 4 is 17.2 Å². The summed E-state index contributed by atoms with van der Waals surface area (Å²) in [4.78, 5) is 16.5. The van der Waals surface area contributed by atoms with Crippen molar-refractivity contribution in [1.82, 2.24) is 9.38 Å². The van der Waals surface area contributed by atoms with Gasteiger partial charge in [0.05, 0.1) is 12.0 Å². The molecule has 1 N–H and O–H groups in total. The van der Waals surface area contributed by atoms with Crippen molar-refractivity contribution < 1.29 is 18.0 Å². The Labute approximate surface area is 140 Å². The summed E-state index contributed by atoms with van der Waals surface area (Å²) >= 11 is 0. The summed E-state index contributed by atoms with van der Waals surface area (Å²) in [6.07, 6.45) is 4.84. The number of hydrogen-bond donors (Lipinski definition) is 1. The first-order valence-electron chi connectivity index (χ1n) is 7.40. The summed E-state index contributed by atoms with van der Waals surface area (Å²) < 4.78 is 33.9. The van der Waals surface area contributed by atoms with Gasteiger partial charge in [-0.25, -0.2) is 13.8 Å². The fourth-order valence-corrected chi connectivity index (χ4v) is 2.48. The lowest BCUT2D eigenvalue weighted by molar-refractivity contribution is 0.102. The molecule has 0 saturated carbocycles. The van der Waals surface area contributed by atoms with Crippen molar-refractivity contribution in [2.45, 2.75) is 0 Å². The van der Waals surface area contributed by atoms with Gasteiger partial charge in [0.2, 0.25) is 0 Å². The number of rotatable bonds is 3. The van der Waals surface area contributed by atoms with Crippen molar-refractivity contribution in [1.29, 1.82) is 0 Å². The second kappa shape index (κ2) is 5.86. The minimum absolute atomic E-state index is 0.0836. The molecule has 5 nitrogen and oxygen atoms in total. The molecular formula is C18H11F2N3O2. The van der Waals surface area contributed by atoms with Gasteiger partial charge in [-0.15, -0.1) is 0 Å². The number of imidazole rings is 1. The number of nitrogens with zero attached hydrogens (tertiary/aromatic N) is 2. The first-order chi connectivity index (χ1) is 12.1. The van der Waals surface area contributed by atoms with Gasteiger partial charge in [0, 0.05) is 18.0 Å². The van der Waals surface area contributed by atoms with E-state index in [1.807, 2.05) is 12.1 Å². The molecule has 0 saturated heterocycles. The van der Waals surface area contributed by atoms with E-state index in [-0.39, 0.29) is 11.4 Å². The number of aromatic nitrogens is 2. The van der Waals surface area contributed by atoms with Crippen LogP contribution >= 0.6 is 0 Å². The second-order valence-electron chi connectivity index (χ2n) is 5.34. The molecule has 0 fully saturated rings. The van der Waals surface area contributed by atoms with E-state index in [9.17, 15) is 13.6 Å². The molecule has 0 aliphatic carbocycles. The molecule has 0 unspecified atom stereocenters. The van der Waals surface area contributed by atoms with E-state index in [4.69, 9.17) is 4.42 Å². The maximum Gasteiger partial charge on any atom is 0.275 e. The SMILES string of the molecule is O=C(Nc1cccc(F)c1F)c1cn2cc(-c3ccco3)ccc2n1. The van der Waals surface area contributed by atoms with Crippen LogP contribution in [0.2, 0.25) is 0 Å². The third kappa shape index (κ3) is 2.76. The molecule has 0 spiro atoms. The number of hydrogen-bond acceptors (Lipinski definition) is 3. The first-order valence-corrected chi connectivity index (χ1v) is 7.40.